The Labute approximate surface area is 299 Å². The minimum absolute atomic E-state index is 0.0164. The van der Waals surface area contributed by atoms with Crippen molar-refractivity contribution in [3.8, 4) is 0 Å². The zero-order valence-corrected chi connectivity index (χ0v) is 29.9. The molecule has 0 spiro atoms. The van der Waals surface area contributed by atoms with Crippen LogP contribution in [0.25, 0.3) is 0 Å². The lowest BCUT2D eigenvalue weighted by Gasteiger charge is -2.32. The predicted octanol–water partition coefficient (Wildman–Crippen LogP) is 2.96. The van der Waals surface area contributed by atoms with Crippen LogP contribution in [0.4, 0.5) is 4.79 Å². The van der Waals surface area contributed by atoms with Crippen LogP contribution in [0.2, 0.25) is 0 Å². The van der Waals surface area contributed by atoms with Crippen molar-refractivity contribution in [2.45, 2.75) is 132 Å². The molecule has 3 heterocycles. The third-order valence-electron chi connectivity index (χ3n) is 11.8. The number of benzene rings is 1. The van der Waals surface area contributed by atoms with E-state index in [0.29, 0.717) is 38.8 Å². The van der Waals surface area contributed by atoms with Crippen LogP contribution in [0.15, 0.2) is 30.9 Å². The number of aryl methyl sites for hydroxylation is 1. The highest BCUT2D eigenvalue weighted by Crippen LogP contribution is 2.45. The van der Waals surface area contributed by atoms with Crippen molar-refractivity contribution in [2.75, 3.05) is 6.54 Å². The maximum absolute atomic E-state index is 14.5. The van der Waals surface area contributed by atoms with Crippen molar-refractivity contribution < 1.29 is 37.1 Å². The Morgan fingerprint density at radius 2 is 1.69 bits per heavy atom. The Balaban J connectivity index is 1.15. The molecule has 3 aliphatic carbocycles. The van der Waals surface area contributed by atoms with Gasteiger partial charge in [-0.05, 0) is 74.0 Å². The summed E-state index contributed by atoms with van der Waals surface area (Å²) < 4.78 is 33.5. The van der Waals surface area contributed by atoms with Gasteiger partial charge in [0.05, 0.1) is 11.8 Å². The lowest BCUT2D eigenvalue weighted by Crippen LogP contribution is -2.59. The zero-order valence-electron chi connectivity index (χ0n) is 29.1. The van der Waals surface area contributed by atoms with Gasteiger partial charge in [0, 0.05) is 31.8 Å². The zero-order chi connectivity index (χ0) is 35.9. The number of rotatable bonds is 7. The summed E-state index contributed by atoms with van der Waals surface area (Å²) in [5, 5.41) is 5.18. The quantitative estimate of drug-likeness (QED) is 0.361. The van der Waals surface area contributed by atoms with Crippen molar-refractivity contribution in [3.63, 3.8) is 0 Å². The minimum Gasteiger partial charge on any atom is -0.444 e. The van der Waals surface area contributed by atoms with Crippen molar-refractivity contribution in [1.29, 1.82) is 0 Å². The molecule has 6 aliphatic rings. The Bertz CT molecular complexity index is 1710. The van der Waals surface area contributed by atoms with E-state index >= 15 is 0 Å². The second-order valence-electron chi connectivity index (χ2n) is 15.3. The molecule has 0 aromatic heterocycles. The molecule has 14 heteroatoms. The monoisotopic (exact) mass is 723 g/mol. The Morgan fingerprint density at radius 1 is 0.961 bits per heavy atom. The molecular formula is C37H49N5O8S. The lowest BCUT2D eigenvalue weighted by molar-refractivity contribution is -0.143. The standard InChI is InChI=1S/C37H49N5O8S/c1-2-26-19-37(26,35(46)40-51(48,49)28-16-17-28)39-33(44)30-18-27-21-42(30)34(45)32(24-11-7-8-12-24)38-31(43)15-6-4-3-5-10-23-13-9-14-25-20-41(22-29(23)25)36(47)50-27/h2,9,13-14,24,26-28,30,32H,1,3-8,10-12,15-22H2,(H,38,43)(H,39,44)(H,40,46)/t26-,27+,30-,32-,37+/m0/s1. The first-order valence-electron chi connectivity index (χ1n) is 18.6. The smallest absolute Gasteiger partial charge is 0.410 e. The molecule has 5 amide bonds. The average molecular weight is 724 g/mol. The van der Waals surface area contributed by atoms with Gasteiger partial charge in [-0.2, -0.15) is 0 Å². The topological polar surface area (TPSA) is 171 Å². The van der Waals surface area contributed by atoms with Gasteiger partial charge in [0.2, 0.25) is 27.7 Å². The van der Waals surface area contributed by atoms with Crippen molar-refractivity contribution in [2.24, 2.45) is 11.8 Å². The van der Waals surface area contributed by atoms with Gasteiger partial charge in [0.25, 0.3) is 5.91 Å². The van der Waals surface area contributed by atoms with Crippen LogP contribution >= 0.6 is 0 Å². The maximum atomic E-state index is 14.5. The summed E-state index contributed by atoms with van der Waals surface area (Å²) in [4.78, 5) is 72.1. The van der Waals surface area contributed by atoms with Crippen LogP contribution in [0, 0.1) is 11.8 Å². The first-order valence-corrected chi connectivity index (χ1v) is 20.2. The molecule has 276 valence electrons. The van der Waals surface area contributed by atoms with E-state index in [4.69, 9.17) is 4.74 Å². The summed E-state index contributed by atoms with van der Waals surface area (Å²) in [6, 6.07) is 4.16. The molecule has 4 fully saturated rings. The fraction of sp³-hybridized carbons (Fsp3) is 0.649. The van der Waals surface area contributed by atoms with Crippen LogP contribution in [-0.2, 0) is 53.4 Å². The van der Waals surface area contributed by atoms with Gasteiger partial charge in [0.1, 0.15) is 23.7 Å². The average Bonchev–Trinajstić information content (AvgIpc) is 3.88. The molecule has 3 saturated carbocycles. The van der Waals surface area contributed by atoms with E-state index in [2.05, 4.69) is 28.0 Å². The summed E-state index contributed by atoms with van der Waals surface area (Å²) in [7, 11) is -3.88. The summed E-state index contributed by atoms with van der Waals surface area (Å²) in [6.07, 6.45) is 9.28. The molecule has 7 rings (SSSR count). The van der Waals surface area contributed by atoms with Gasteiger partial charge >= 0.3 is 6.09 Å². The first-order chi connectivity index (χ1) is 24.5. The molecule has 1 aromatic carbocycles. The van der Waals surface area contributed by atoms with Crippen LogP contribution in [0.3, 0.4) is 0 Å². The van der Waals surface area contributed by atoms with Gasteiger partial charge in [0.15, 0.2) is 0 Å². The second-order valence-corrected chi connectivity index (χ2v) is 17.3. The molecule has 5 atom stereocenters. The fourth-order valence-electron chi connectivity index (χ4n) is 8.52. The number of hydrogen-bond acceptors (Lipinski definition) is 8. The molecule has 3 N–H and O–H groups in total. The van der Waals surface area contributed by atoms with Crippen molar-refractivity contribution >= 4 is 39.7 Å². The van der Waals surface area contributed by atoms with Gasteiger partial charge in [-0.15, -0.1) is 6.58 Å². The Kier molecular flexibility index (Phi) is 9.90. The number of ether oxygens (including phenoxy) is 1. The van der Waals surface area contributed by atoms with Gasteiger partial charge < -0.3 is 20.3 Å². The second kappa shape index (κ2) is 14.2. The molecule has 3 aliphatic heterocycles. The Hall–Kier alpha value is -3.94. The predicted molar refractivity (Wildman–Crippen MR) is 186 cm³/mol. The van der Waals surface area contributed by atoms with Crippen molar-refractivity contribution in [1.82, 2.24) is 25.2 Å². The number of amides is 5. The molecule has 4 bridgehead atoms. The van der Waals surface area contributed by atoms with E-state index < -0.39 is 68.7 Å². The first kappa shape index (κ1) is 35.5. The van der Waals surface area contributed by atoms with Crippen LogP contribution in [0.5, 0.6) is 0 Å². The van der Waals surface area contributed by atoms with E-state index in [1.807, 2.05) is 12.1 Å². The van der Waals surface area contributed by atoms with Gasteiger partial charge in [-0.1, -0.05) is 50.0 Å². The molecule has 1 saturated heterocycles. The van der Waals surface area contributed by atoms with Crippen LogP contribution in [0.1, 0.15) is 100 Å². The summed E-state index contributed by atoms with van der Waals surface area (Å²) >= 11 is 0. The number of fused-ring (bicyclic) bond motifs is 3. The summed E-state index contributed by atoms with van der Waals surface area (Å²) in [5.74, 6) is -2.72. The van der Waals surface area contributed by atoms with E-state index in [1.165, 1.54) is 16.5 Å². The van der Waals surface area contributed by atoms with Crippen LogP contribution < -0.4 is 15.4 Å². The number of carbonyl (C=O) groups excluding carboxylic acids is 5. The molecule has 51 heavy (non-hydrogen) atoms. The highest BCUT2D eigenvalue weighted by molar-refractivity contribution is 7.91. The SMILES string of the molecule is C=C[C@H]1C[C@]1(NC(=O)[C@@H]1C[C@@H]2CN1C(=O)[C@H](C1CCCC1)NC(=O)CCCCCCc1cccc3c1CN(C3)C(=O)O2)C(=O)NS(=O)(=O)C1CC1. The highest BCUT2D eigenvalue weighted by Gasteiger charge is 2.62. The third kappa shape index (κ3) is 7.38. The molecule has 0 unspecified atom stereocenters. The number of hydrogen-bond donors (Lipinski definition) is 3. The minimum atomic E-state index is -3.88. The molecule has 0 radical (unpaired) electrons. The summed E-state index contributed by atoms with van der Waals surface area (Å²) in [5.41, 5.74) is 1.87. The van der Waals surface area contributed by atoms with Crippen molar-refractivity contribution in [3.05, 3.63) is 47.5 Å². The molecule has 13 nitrogen and oxygen atoms in total. The normalized spacial score (nSPS) is 30.5. The highest BCUT2D eigenvalue weighted by atomic mass is 32.2. The number of nitrogens with zero attached hydrogens (tertiary/aromatic N) is 2. The number of sulfonamides is 1. The largest absolute Gasteiger partial charge is 0.444 e. The maximum Gasteiger partial charge on any atom is 0.410 e. The van der Waals surface area contributed by atoms with Crippen LogP contribution in [-0.4, -0.2) is 83.5 Å². The lowest BCUT2D eigenvalue weighted by atomic mass is 9.95. The van der Waals surface area contributed by atoms with E-state index in [-0.39, 0.29) is 31.2 Å². The molecular weight excluding hydrogens is 675 g/mol. The number of nitrogens with one attached hydrogen (secondary N) is 3. The van der Waals surface area contributed by atoms with E-state index in [0.717, 1.165) is 62.5 Å². The number of carbonyl (C=O) groups is 5. The van der Waals surface area contributed by atoms with Gasteiger partial charge in [-0.25, -0.2) is 13.2 Å². The molecule has 1 aromatic rings. The fourth-order valence-corrected chi connectivity index (χ4v) is 9.88. The Morgan fingerprint density at radius 3 is 2.39 bits per heavy atom. The third-order valence-corrected chi connectivity index (χ3v) is 13.6. The summed E-state index contributed by atoms with van der Waals surface area (Å²) in [6.45, 7) is 4.53. The van der Waals surface area contributed by atoms with Gasteiger partial charge in [-0.3, -0.25) is 28.8 Å². The van der Waals surface area contributed by atoms with E-state index in [1.54, 1.807) is 4.90 Å². The van der Waals surface area contributed by atoms with E-state index in [9.17, 15) is 32.4 Å².